The molecule has 0 spiro atoms. The number of nitrogens with zero attached hydrogens (tertiary/aromatic N) is 2. The summed E-state index contributed by atoms with van der Waals surface area (Å²) in [4.78, 5) is 3.85. The molecule has 56 valence electrons. The zero-order chi connectivity index (χ0) is 8.27. The zero-order valence-corrected chi connectivity index (χ0v) is 7.67. The third kappa shape index (κ3) is 1.87. The lowest BCUT2D eigenvalue weighted by Gasteiger charge is -1.98. The summed E-state index contributed by atoms with van der Waals surface area (Å²) in [5.41, 5.74) is 0.385. The van der Waals surface area contributed by atoms with Crippen LogP contribution in [0.15, 0.2) is 12.3 Å². The minimum Gasteiger partial charge on any atom is -0.250 e. The van der Waals surface area contributed by atoms with E-state index in [0.717, 1.165) is 0 Å². The second-order valence-corrected chi connectivity index (χ2v) is 2.92. The molecule has 0 saturated heterocycles. The second-order valence-electron chi connectivity index (χ2n) is 1.90. The van der Waals surface area contributed by atoms with Gasteiger partial charge in [0.1, 0.15) is 9.52 Å². The van der Waals surface area contributed by atoms with Crippen LogP contribution >= 0.6 is 22.6 Å². The van der Waals surface area contributed by atoms with E-state index in [1.165, 1.54) is 12.3 Å². The highest BCUT2D eigenvalue weighted by molar-refractivity contribution is 14.1. The van der Waals surface area contributed by atoms with Gasteiger partial charge in [0.05, 0.1) is 12.5 Å². The van der Waals surface area contributed by atoms with Crippen LogP contribution < -0.4 is 0 Å². The van der Waals surface area contributed by atoms with Crippen molar-refractivity contribution in [3.05, 3.63) is 27.3 Å². The monoisotopic (exact) mass is 262 g/mol. The number of nitriles is 1. The van der Waals surface area contributed by atoms with Crippen molar-refractivity contribution in [2.24, 2.45) is 0 Å². The Morgan fingerprint density at radius 3 is 3.00 bits per heavy atom. The van der Waals surface area contributed by atoms with Crippen LogP contribution in [0.4, 0.5) is 4.39 Å². The Morgan fingerprint density at radius 1 is 1.73 bits per heavy atom. The third-order valence-corrected chi connectivity index (χ3v) is 2.13. The first-order chi connectivity index (χ1) is 5.25. The topological polar surface area (TPSA) is 36.7 Å². The molecule has 0 N–H and O–H groups in total. The minimum atomic E-state index is -0.356. The standard InChI is InChI=1S/C7H4FIN2/c8-6-2-4-11-7(9)5(6)1-3-10/h2,4H,1H2. The highest BCUT2D eigenvalue weighted by atomic mass is 127. The maximum atomic E-state index is 12.8. The van der Waals surface area contributed by atoms with Gasteiger partial charge >= 0.3 is 0 Å². The zero-order valence-electron chi connectivity index (χ0n) is 5.51. The van der Waals surface area contributed by atoms with Crippen LogP contribution in [-0.4, -0.2) is 4.98 Å². The summed E-state index contributed by atoms with van der Waals surface area (Å²) in [6.07, 6.45) is 1.47. The predicted octanol–water partition coefficient (Wildman–Crippen LogP) is 1.89. The van der Waals surface area contributed by atoms with E-state index in [2.05, 4.69) is 4.98 Å². The van der Waals surface area contributed by atoms with E-state index in [0.29, 0.717) is 9.26 Å². The van der Waals surface area contributed by atoms with Crippen molar-refractivity contribution in [2.45, 2.75) is 6.42 Å². The summed E-state index contributed by atoms with van der Waals surface area (Å²) in [6, 6.07) is 3.14. The van der Waals surface area contributed by atoms with Crippen LogP contribution in [-0.2, 0) is 6.42 Å². The molecule has 11 heavy (non-hydrogen) atoms. The Morgan fingerprint density at radius 2 is 2.45 bits per heavy atom. The van der Waals surface area contributed by atoms with Gasteiger partial charge in [0, 0.05) is 11.8 Å². The fourth-order valence-electron chi connectivity index (χ4n) is 0.682. The summed E-state index contributed by atoms with van der Waals surface area (Å²) in [5, 5.41) is 8.32. The highest BCUT2D eigenvalue weighted by Crippen LogP contribution is 2.12. The number of halogens is 2. The van der Waals surface area contributed by atoms with Crippen molar-refractivity contribution in [3.63, 3.8) is 0 Å². The van der Waals surface area contributed by atoms with Gasteiger partial charge in [-0.15, -0.1) is 0 Å². The highest BCUT2D eigenvalue weighted by Gasteiger charge is 2.05. The van der Waals surface area contributed by atoms with Crippen molar-refractivity contribution >= 4 is 22.6 Å². The van der Waals surface area contributed by atoms with Crippen molar-refractivity contribution in [1.82, 2.24) is 4.98 Å². The molecule has 0 unspecified atom stereocenters. The van der Waals surface area contributed by atoms with Crippen LogP contribution in [0, 0.1) is 20.8 Å². The van der Waals surface area contributed by atoms with Crippen molar-refractivity contribution < 1.29 is 4.39 Å². The van der Waals surface area contributed by atoms with Crippen LogP contribution in [0.1, 0.15) is 5.56 Å². The van der Waals surface area contributed by atoms with E-state index in [-0.39, 0.29) is 12.2 Å². The number of aromatic nitrogens is 1. The smallest absolute Gasteiger partial charge is 0.131 e. The average molecular weight is 262 g/mol. The van der Waals surface area contributed by atoms with Crippen molar-refractivity contribution in [2.75, 3.05) is 0 Å². The molecule has 0 radical (unpaired) electrons. The maximum absolute atomic E-state index is 12.8. The molecular formula is C7H4FIN2. The summed E-state index contributed by atoms with van der Waals surface area (Å²) < 4.78 is 13.4. The molecule has 0 aliphatic rings. The molecule has 0 aliphatic heterocycles. The molecule has 1 aromatic heterocycles. The van der Waals surface area contributed by atoms with E-state index in [4.69, 9.17) is 5.26 Å². The molecule has 4 heteroatoms. The van der Waals surface area contributed by atoms with Gasteiger partial charge in [-0.1, -0.05) is 0 Å². The lowest BCUT2D eigenvalue weighted by atomic mass is 10.2. The molecule has 0 amide bonds. The van der Waals surface area contributed by atoms with E-state index in [9.17, 15) is 4.39 Å². The Hall–Kier alpha value is -0.700. The normalized spacial score (nSPS) is 9.18. The molecule has 0 bridgehead atoms. The maximum Gasteiger partial charge on any atom is 0.131 e. The Balaban J connectivity index is 3.12. The van der Waals surface area contributed by atoms with Gasteiger partial charge in [-0.25, -0.2) is 9.37 Å². The molecule has 1 rings (SSSR count). The SMILES string of the molecule is N#CCc1c(F)ccnc1I. The van der Waals surface area contributed by atoms with Gasteiger partial charge in [-0.2, -0.15) is 5.26 Å². The quantitative estimate of drug-likeness (QED) is 0.572. The number of pyridine rings is 1. The fraction of sp³-hybridized carbons (Fsp3) is 0.143. The lowest BCUT2D eigenvalue weighted by molar-refractivity contribution is 0.610. The van der Waals surface area contributed by atoms with Gasteiger partial charge in [-0.3, -0.25) is 0 Å². The molecule has 0 saturated carbocycles. The fourth-order valence-corrected chi connectivity index (χ4v) is 1.29. The Kier molecular flexibility index (Phi) is 2.76. The van der Waals surface area contributed by atoms with Crippen molar-refractivity contribution in [1.29, 1.82) is 5.26 Å². The summed E-state index contributed by atoms with van der Waals surface area (Å²) in [7, 11) is 0. The van der Waals surface area contributed by atoms with Gasteiger partial charge in [0.2, 0.25) is 0 Å². The van der Waals surface area contributed by atoms with Gasteiger partial charge in [0.25, 0.3) is 0 Å². The first-order valence-electron chi connectivity index (χ1n) is 2.91. The van der Waals surface area contributed by atoms with E-state index in [1.54, 1.807) is 0 Å². The molecule has 0 atom stereocenters. The molecular weight excluding hydrogens is 258 g/mol. The van der Waals surface area contributed by atoms with Gasteiger partial charge < -0.3 is 0 Å². The Bertz CT molecular complexity index is 286. The van der Waals surface area contributed by atoms with E-state index in [1.807, 2.05) is 28.7 Å². The third-order valence-electron chi connectivity index (χ3n) is 1.20. The van der Waals surface area contributed by atoms with Crippen LogP contribution in [0.5, 0.6) is 0 Å². The molecule has 1 heterocycles. The summed E-state index contributed by atoms with van der Waals surface area (Å²) in [5.74, 6) is -0.356. The molecule has 0 aliphatic carbocycles. The number of rotatable bonds is 1. The predicted molar refractivity (Wildman–Crippen MR) is 46.2 cm³/mol. The van der Waals surface area contributed by atoms with Crippen molar-refractivity contribution in [3.8, 4) is 6.07 Å². The largest absolute Gasteiger partial charge is 0.250 e. The van der Waals surface area contributed by atoms with Gasteiger partial charge in [0.15, 0.2) is 0 Å². The van der Waals surface area contributed by atoms with Gasteiger partial charge in [-0.05, 0) is 28.7 Å². The lowest BCUT2D eigenvalue weighted by Crippen LogP contribution is -1.95. The summed E-state index contributed by atoms with van der Waals surface area (Å²) >= 11 is 1.91. The summed E-state index contributed by atoms with van der Waals surface area (Å²) in [6.45, 7) is 0. The van der Waals surface area contributed by atoms with E-state index < -0.39 is 0 Å². The van der Waals surface area contributed by atoms with Crippen LogP contribution in [0.25, 0.3) is 0 Å². The minimum absolute atomic E-state index is 0.0813. The second kappa shape index (κ2) is 3.62. The molecule has 0 aromatic carbocycles. The number of hydrogen-bond acceptors (Lipinski definition) is 2. The average Bonchev–Trinajstić information content (AvgIpc) is 1.97. The molecule has 0 fully saturated rings. The first-order valence-corrected chi connectivity index (χ1v) is 3.99. The molecule has 2 nitrogen and oxygen atoms in total. The van der Waals surface area contributed by atoms with Crippen LogP contribution in [0.2, 0.25) is 0 Å². The van der Waals surface area contributed by atoms with E-state index >= 15 is 0 Å². The number of hydrogen-bond donors (Lipinski definition) is 0. The molecule has 1 aromatic rings. The first kappa shape index (κ1) is 8.40. The Labute approximate surface area is 77.2 Å². The van der Waals surface area contributed by atoms with Crippen LogP contribution in [0.3, 0.4) is 0 Å².